The largest absolute Gasteiger partial charge is 0.352 e. The van der Waals surface area contributed by atoms with Gasteiger partial charge in [0.05, 0.1) is 10.9 Å². The van der Waals surface area contributed by atoms with Gasteiger partial charge in [0.2, 0.25) is 0 Å². The highest BCUT2D eigenvalue weighted by atomic mass is 32.1. The number of aromatic amines is 2. The summed E-state index contributed by atoms with van der Waals surface area (Å²) in [5.41, 5.74) is 1.97. The summed E-state index contributed by atoms with van der Waals surface area (Å²) < 4.78 is 2.42. The molecule has 0 spiro atoms. The molecule has 2 aromatic carbocycles. The Morgan fingerprint density at radius 1 is 1.11 bits per heavy atom. The molecule has 3 N–H and O–H groups in total. The van der Waals surface area contributed by atoms with Gasteiger partial charge in [0.15, 0.2) is 4.77 Å². The number of aromatic nitrogens is 3. The minimum Gasteiger partial charge on any atom is -0.352 e. The zero-order valence-electron chi connectivity index (χ0n) is 14.5. The van der Waals surface area contributed by atoms with E-state index in [2.05, 4.69) is 44.2 Å². The molecular weight excluding hydrogens is 360 g/mol. The molecule has 0 aliphatic heterocycles. The fourth-order valence-electron chi connectivity index (χ4n) is 3.20. The number of carbonyl (C=O) groups is 1. The second kappa shape index (κ2) is 7.20. The molecule has 7 heteroatoms. The predicted octanol–water partition coefficient (Wildman–Crippen LogP) is 3.36. The Morgan fingerprint density at radius 3 is 2.85 bits per heavy atom. The minimum atomic E-state index is -0.264. The van der Waals surface area contributed by atoms with Crippen LogP contribution in [0.2, 0.25) is 0 Å². The molecule has 0 atom stereocenters. The number of hydrogen-bond acceptors (Lipinski definition) is 3. The number of fused-ring (bicyclic) bond motifs is 2. The van der Waals surface area contributed by atoms with Crippen molar-refractivity contribution in [2.45, 2.75) is 13.0 Å². The molecule has 136 valence electrons. The van der Waals surface area contributed by atoms with Gasteiger partial charge in [-0.25, -0.2) is 0 Å². The van der Waals surface area contributed by atoms with Crippen molar-refractivity contribution < 1.29 is 4.79 Å². The fraction of sp³-hybridized carbons (Fsp3) is 0.150. The van der Waals surface area contributed by atoms with E-state index >= 15 is 0 Å². The molecule has 2 aromatic heterocycles. The van der Waals surface area contributed by atoms with E-state index in [4.69, 9.17) is 12.2 Å². The normalized spacial score (nSPS) is 11.1. The summed E-state index contributed by atoms with van der Waals surface area (Å²) in [5, 5.41) is 4.61. The molecule has 0 fully saturated rings. The first-order valence-electron chi connectivity index (χ1n) is 8.70. The van der Waals surface area contributed by atoms with Gasteiger partial charge in [-0.15, -0.1) is 0 Å². The van der Waals surface area contributed by atoms with Crippen LogP contribution in [-0.2, 0) is 6.54 Å². The number of benzene rings is 2. The van der Waals surface area contributed by atoms with Gasteiger partial charge in [-0.2, -0.15) is 0 Å². The van der Waals surface area contributed by atoms with Crippen LogP contribution in [0.4, 0.5) is 0 Å². The Hall–Kier alpha value is -3.19. The van der Waals surface area contributed by atoms with Gasteiger partial charge in [0.25, 0.3) is 11.5 Å². The zero-order chi connectivity index (χ0) is 18.8. The van der Waals surface area contributed by atoms with Crippen molar-refractivity contribution in [1.29, 1.82) is 0 Å². The lowest BCUT2D eigenvalue weighted by Gasteiger charge is -2.08. The quantitative estimate of drug-likeness (QED) is 0.368. The van der Waals surface area contributed by atoms with E-state index in [1.54, 1.807) is 18.2 Å². The van der Waals surface area contributed by atoms with Crippen LogP contribution in [0.1, 0.15) is 16.8 Å². The zero-order valence-corrected chi connectivity index (χ0v) is 15.3. The van der Waals surface area contributed by atoms with Gasteiger partial charge < -0.3 is 14.9 Å². The number of nitrogens with zero attached hydrogens (tertiary/aromatic N) is 1. The third-order valence-corrected chi connectivity index (χ3v) is 4.75. The molecule has 0 unspecified atom stereocenters. The van der Waals surface area contributed by atoms with Crippen molar-refractivity contribution in [1.82, 2.24) is 19.9 Å². The van der Waals surface area contributed by atoms with Crippen LogP contribution < -0.4 is 10.9 Å². The standard InChI is InChI=1S/C20H18N4O2S/c25-18(14-6-7-15-16(12-14)22-20(27)23-19(15)26)21-9-3-10-24-11-8-13-4-1-2-5-17(13)24/h1-2,4-8,11-12H,3,9-10H2,(H,21,25)(H2,22,23,26,27). The number of hydrogen-bond donors (Lipinski definition) is 3. The first kappa shape index (κ1) is 17.2. The number of para-hydroxylation sites is 1. The first-order valence-corrected chi connectivity index (χ1v) is 9.11. The molecule has 0 saturated heterocycles. The SMILES string of the molecule is O=C(NCCCn1ccc2ccccc21)c1ccc2c(=O)[nH]c(=S)[nH]c2c1. The molecule has 0 bridgehead atoms. The van der Waals surface area contributed by atoms with Crippen molar-refractivity contribution in [3.05, 3.63) is 75.4 Å². The Kier molecular flexibility index (Phi) is 4.60. The molecular formula is C20H18N4O2S. The second-order valence-corrected chi connectivity index (χ2v) is 6.75. The topological polar surface area (TPSA) is 82.7 Å². The third-order valence-electron chi connectivity index (χ3n) is 4.54. The summed E-state index contributed by atoms with van der Waals surface area (Å²) in [6, 6.07) is 15.2. The molecule has 0 saturated carbocycles. The Labute approximate surface area is 159 Å². The number of carbonyl (C=O) groups excluding carboxylic acids is 1. The molecule has 6 nitrogen and oxygen atoms in total. The maximum Gasteiger partial charge on any atom is 0.259 e. The van der Waals surface area contributed by atoms with Crippen LogP contribution in [0, 0.1) is 4.77 Å². The molecule has 1 amide bonds. The molecule has 2 heterocycles. The van der Waals surface area contributed by atoms with Crippen LogP contribution in [0.5, 0.6) is 0 Å². The number of aryl methyl sites for hydroxylation is 1. The van der Waals surface area contributed by atoms with E-state index in [9.17, 15) is 9.59 Å². The van der Waals surface area contributed by atoms with E-state index in [1.807, 2.05) is 12.1 Å². The monoisotopic (exact) mass is 378 g/mol. The molecule has 27 heavy (non-hydrogen) atoms. The van der Waals surface area contributed by atoms with E-state index in [0.29, 0.717) is 23.0 Å². The predicted molar refractivity (Wildman–Crippen MR) is 109 cm³/mol. The van der Waals surface area contributed by atoms with Gasteiger partial charge in [-0.3, -0.25) is 14.6 Å². The highest BCUT2D eigenvalue weighted by Gasteiger charge is 2.08. The van der Waals surface area contributed by atoms with Crippen molar-refractivity contribution in [2.24, 2.45) is 0 Å². The number of H-pyrrole nitrogens is 2. The summed E-state index contributed by atoms with van der Waals surface area (Å²) in [6.07, 6.45) is 2.88. The van der Waals surface area contributed by atoms with Crippen LogP contribution in [-0.4, -0.2) is 27.0 Å². The lowest BCUT2D eigenvalue weighted by molar-refractivity contribution is 0.0953. The molecule has 0 radical (unpaired) electrons. The lowest BCUT2D eigenvalue weighted by atomic mass is 10.1. The van der Waals surface area contributed by atoms with E-state index in [1.165, 1.54) is 10.9 Å². The number of amides is 1. The van der Waals surface area contributed by atoms with Gasteiger partial charge in [-0.05, 0) is 54.4 Å². The smallest absolute Gasteiger partial charge is 0.259 e. The van der Waals surface area contributed by atoms with Crippen molar-refractivity contribution in [3.8, 4) is 0 Å². The Morgan fingerprint density at radius 2 is 1.96 bits per heavy atom. The maximum atomic E-state index is 12.4. The van der Waals surface area contributed by atoms with Crippen LogP contribution in [0.3, 0.4) is 0 Å². The fourth-order valence-corrected chi connectivity index (χ4v) is 3.40. The summed E-state index contributed by atoms with van der Waals surface area (Å²) >= 11 is 4.98. The highest BCUT2D eigenvalue weighted by Crippen LogP contribution is 2.15. The minimum absolute atomic E-state index is 0.172. The van der Waals surface area contributed by atoms with Crippen LogP contribution in [0.25, 0.3) is 21.8 Å². The van der Waals surface area contributed by atoms with Crippen molar-refractivity contribution in [3.63, 3.8) is 0 Å². The third kappa shape index (κ3) is 3.54. The summed E-state index contributed by atoms with van der Waals surface area (Å²) in [5.74, 6) is -0.172. The van der Waals surface area contributed by atoms with E-state index in [-0.39, 0.29) is 16.2 Å². The van der Waals surface area contributed by atoms with E-state index < -0.39 is 0 Å². The van der Waals surface area contributed by atoms with Crippen molar-refractivity contribution in [2.75, 3.05) is 6.54 Å². The van der Waals surface area contributed by atoms with Crippen molar-refractivity contribution >= 4 is 39.9 Å². The number of rotatable bonds is 5. The van der Waals surface area contributed by atoms with Gasteiger partial charge in [0.1, 0.15) is 0 Å². The van der Waals surface area contributed by atoms with Crippen LogP contribution >= 0.6 is 12.2 Å². The maximum absolute atomic E-state index is 12.4. The summed E-state index contributed by atoms with van der Waals surface area (Å²) in [7, 11) is 0. The Balaban J connectivity index is 1.40. The Bertz CT molecular complexity index is 1250. The van der Waals surface area contributed by atoms with Gasteiger partial charge in [0, 0.05) is 30.4 Å². The van der Waals surface area contributed by atoms with Gasteiger partial charge >= 0.3 is 0 Å². The van der Waals surface area contributed by atoms with Gasteiger partial charge in [-0.1, -0.05) is 18.2 Å². The second-order valence-electron chi connectivity index (χ2n) is 6.35. The molecule has 4 rings (SSSR count). The molecule has 4 aromatic rings. The number of nitrogens with one attached hydrogen (secondary N) is 3. The lowest BCUT2D eigenvalue weighted by Crippen LogP contribution is -2.25. The average molecular weight is 378 g/mol. The molecule has 0 aliphatic rings. The molecule has 0 aliphatic carbocycles. The summed E-state index contributed by atoms with van der Waals surface area (Å²) in [6.45, 7) is 1.39. The van der Waals surface area contributed by atoms with Crippen LogP contribution in [0.15, 0.2) is 59.5 Å². The average Bonchev–Trinajstić information content (AvgIpc) is 3.07. The highest BCUT2D eigenvalue weighted by molar-refractivity contribution is 7.71. The first-order chi connectivity index (χ1) is 13.1. The van der Waals surface area contributed by atoms with E-state index in [0.717, 1.165) is 13.0 Å². The summed E-state index contributed by atoms with van der Waals surface area (Å²) in [4.78, 5) is 29.7.